The van der Waals surface area contributed by atoms with Crippen LogP contribution in [0.5, 0.6) is 0 Å². The minimum Gasteiger partial charge on any atom is -0.307 e. The summed E-state index contributed by atoms with van der Waals surface area (Å²) in [7, 11) is 0. The summed E-state index contributed by atoms with van der Waals surface area (Å²) < 4.78 is 47.1. The number of rotatable bonds is 7. The maximum absolute atomic E-state index is 14.3. The van der Waals surface area contributed by atoms with Crippen molar-refractivity contribution in [3.8, 4) is 103 Å². The second-order valence-corrected chi connectivity index (χ2v) is 18.7. The number of alkyl halides is 3. The molecule has 0 saturated carbocycles. The number of nitriles is 6. The molecule has 0 bridgehead atoms. The second kappa shape index (κ2) is 18.8. The molecule has 10 aromatic carbocycles. The Balaban J connectivity index is 1.25. The van der Waals surface area contributed by atoms with Gasteiger partial charge < -0.3 is 9.13 Å². The molecular formula is C67H33F3N8. The molecular weight excluding hydrogens is 974 g/mol. The van der Waals surface area contributed by atoms with E-state index >= 15 is 0 Å². The molecule has 12 aromatic rings. The van der Waals surface area contributed by atoms with Crippen LogP contribution in [0.4, 0.5) is 13.2 Å². The summed E-state index contributed by atoms with van der Waals surface area (Å²) in [4.78, 5) is 0. The van der Waals surface area contributed by atoms with E-state index in [1.807, 2.05) is 103 Å². The van der Waals surface area contributed by atoms with E-state index in [0.717, 1.165) is 100 Å². The molecule has 0 fully saturated rings. The second-order valence-electron chi connectivity index (χ2n) is 18.7. The zero-order valence-corrected chi connectivity index (χ0v) is 40.8. The fourth-order valence-electron chi connectivity index (χ4n) is 10.5. The van der Waals surface area contributed by atoms with Crippen LogP contribution in [0, 0.1) is 68.0 Å². The van der Waals surface area contributed by atoms with Crippen LogP contribution in [0.25, 0.3) is 111 Å². The van der Waals surface area contributed by atoms with E-state index in [-0.39, 0.29) is 22.3 Å². The first-order chi connectivity index (χ1) is 38.0. The highest BCUT2D eigenvalue weighted by molar-refractivity contribution is 6.14. The topological polar surface area (TPSA) is 153 Å². The lowest BCUT2D eigenvalue weighted by atomic mass is 9.93. The molecule has 0 atom stereocenters. The van der Waals surface area contributed by atoms with E-state index in [9.17, 15) is 44.7 Å². The maximum Gasteiger partial charge on any atom is 0.416 e. The molecule has 0 saturated heterocycles. The first kappa shape index (κ1) is 47.5. The van der Waals surface area contributed by atoms with Crippen LogP contribution in [0.1, 0.15) is 38.9 Å². The fraction of sp³-hybridized carbons (Fsp3) is 0.0149. The van der Waals surface area contributed by atoms with E-state index < -0.39 is 11.7 Å². The van der Waals surface area contributed by atoms with E-state index in [4.69, 9.17) is 0 Å². The Kier molecular flexibility index (Phi) is 11.4. The lowest BCUT2D eigenvalue weighted by molar-refractivity contribution is -0.137. The van der Waals surface area contributed by atoms with Gasteiger partial charge in [-0.2, -0.15) is 44.7 Å². The van der Waals surface area contributed by atoms with E-state index in [2.05, 4.69) is 63.7 Å². The quantitative estimate of drug-likeness (QED) is 0.155. The number of benzene rings is 10. The Bertz CT molecular complexity index is 4520. The van der Waals surface area contributed by atoms with Crippen molar-refractivity contribution in [2.75, 3.05) is 0 Å². The molecule has 12 rings (SSSR count). The number of hydrogen-bond donors (Lipinski definition) is 0. The van der Waals surface area contributed by atoms with Crippen LogP contribution >= 0.6 is 0 Å². The molecule has 2 heterocycles. The van der Waals surface area contributed by atoms with Gasteiger partial charge in [0.15, 0.2) is 0 Å². The fourth-order valence-corrected chi connectivity index (χ4v) is 10.5. The molecule has 0 amide bonds. The molecule has 0 unspecified atom stereocenters. The predicted octanol–water partition coefficient (Wildman–Crippen LogP) is 16.5. The van der Waals surface area contributed by atoms with Crippen LogP contribution in [0.15, 0.2) is 200 Å². The van der Waals surface area contributed by atoms with Gasteiger partial charge in [0.25, 0.3) is 0 Å². The summed E-state index contributed by atoms with van der Waals surface area (Å²) in [5.41, 5.74) is 11.8. The minimum absolute atomic E-state index is 0.0869. The molecule has 78 heavy (non-hydrogen) atoms. The highest BCUT2D eigenvalue weighted by atomic mass is 19.4. The molecule has 0 spiro atoms. The van der Waals surface area contributed by atoms with Gasteiger partial charge in [0.05, 0.1) is 109 Å². The molecule has 11 heteroatoms. The number of aromatic nitrogens is 2. The molecule has 0 radical (unpaired) electrons. The van der Waals surface area contributed by atoms with Gasteiger partial charge >= 0.3 is 6.18 Å². The van der Waals surface area contributed by atoms with Crippen molar-refractivity contribution in [3.63, 3.8) is 0 Å². The zero-order valence-electron chi connectivity index (χ0n) is 40.8. The Morgan fingerprint density at radius 2 is 0.577 bits per heavy atom. The molecule has 0 aliphatic carbocycles. The lowest BCUT2D eigenvalue weighted by Crippen LogP contribution is -2.07. The van der Waals surface area contributed by atoms with Gasteiger partial charge in [-0.25, -0.2) is 0 Å². The summed E-state index contributed by atoms with van der Waals surface area (Å²) >= 11 is 0. The summed E-state index contributed by atoms with van der Waals surface area (Å²) in [5, 5.41) is 64.0. The van der Waals surface area contributed by atoms with Gasteiger partial charge in [-0.15, -0.1) is 0 Å². The summed E-state index contributed by atoms with van der Waals surface area (Å²) in [6.45, 7) is 0. The third-order valence-corrected chi connectivity index (χ3v) is 14.4. The van der Waals surface area contributed by atoms with Crippen LogP contribution in [0.3, 0.4) is 0 Å². The average Bonchev–Trinajstić information content (AvgIpc) is 4.18. The SMILES string of the molecule is N#Cc1ccc(-c2ccc3c4ccc(-c5ccc(C#N)cc5)cc4n(-c4cc(C#N)c(-c5ccc(C(F)(F)F)cc5C#N)cc4-n4c5cc(-c6ccc(C#N)cc6)ccc5c5ccc(-c6ccc(C#N)cc6)cc54)c3c2)cc1. The first-order valence-electron chi connectivity index (χ1n) is 24.4. The number of hydrogen-bond acceptors (Lipinski definition) is 6. The summed E-state index contributed by atoms with van der Waals surface area (Å²) in [5.74, 6) is 0. The number of fused-ring (bicyclic) bond motifs is 6. The van der Waals surface area contributed by atoms with Crippen molar-refractivity contribution in [3.05, 3.63) is 239 Å². The molecule has 362 valence electrons. The minimum atomic E-state index is -4.75. The Morgan fingerprint density at radius 3 is 0.872 bits per heavy atom. The van der Waals surface area contributed by atoms with Gasteiger partial charge in [-0.3, -0.25) is 0 Å². The van der Waals surface area contributed by atoms with Crippen molar-refractivity contribution in [1.29, 1.82) is 31.6 Å². The normalized spacial score (nSPS) is 11.2. The summed E-state index contributed by atoms with van der Waals surface area (Å²) in [6.07, 6.45) is -4.75. The zero-order chi connectivity index (χ0) is 53.8. The monoisotopic (exact) mass is 1010 g/mol. The Hall–Kier alpha value is -11.5. The average molecular weight is 1010 g/mol. The molecule has 8 nitrogen and oxygen atoms in total. The van der Waals surface area contributed by atoms with Gasteiger partial charge in [0, 0.05) is 32.7 Å². The van der Waals surface area contributed by atoms with Crippen LogP contribution in [-0.2, 0) is 6.18 Å². The van der Waals surface area contributed by atoms with Gasteiger partial charge in [0.2, 0.25) is 0 Å². The van der Waals surface area contributed by atoms with Crippen molar-refractivity contribution >= 4 is 43.6 Å². The van der Waals surface area contributed by atoms with Crippen LogP contribution < -0.4 is 0 Å². The van der Waals surface area contributed by atoms with Gasteiger partial charge in [0.1, 0.15) is 0 Å². The highest BCUT2D eigenvalue weighted by Gasteiger charge is 2.32. The number of nitrogens with zero attached hydrogens (tertiary/aromatic N) is 8. The standard InChI is InChI=1S/C67H33F3N8/c68-67(69,70)54-21-26-55(52(27-54)38-75)60-33-66(78-63-30-50(46-13-5-42(36-73)6-14-46)19-24-58(63)59-25-20-51(31-64(59)78)47-15-7-43(37-74)8-16-47)65(32-53(60)39-76)77-61-28-48(44-9-1-40(34-71)2-10-44)17-22-56(61)57-23-18-49(29-62(57)77)45-11-3-41(35-72)4-12-45/h1-33H. The molecule has 0 N–H and O–H groups in total. The third kappa shape index (κ3) is 8.08. The largest absolute Gasteiger partial charge is 0.416 e. The molecule has 2 aromatic heterocycles. The number of halogens is 3. The Morgan fingerprint density at radius 1 is 0.282 bits per heavy atom. The maximum atomic E-state index is 14.3. The van der Waals surface area contributed by atoms with Gasteiger partial charge in [-0.1, -0.05) is 103 Å². The lowest BCUT2D eigenvalue weighted by Gasteiger charge is -2.21. The van der Waals surface area contributed by atoms with Crippen LogP contribution in [-0.4, -0.2) is 9.13 Å². The highest BCUT2D eigenvalue weighted by Crippen LogP contribution is 2.45. The molecule has 0 aliphatic rings. The predicted molar refractivity (Wildman–Crippen MR) is 296 cm³/mol. The van der Waals surface area contributed by atoms with E-state index in [1.54, 1.807) is 60.7 Å². The first-order valence-corrected chi connectivity index (χ1v) is 24.4. The van der Waals surface area contributed by atoms with Gasteiger partial charge in [-0.05, 0) is 142 Å². The van der Waals surface area contributed by atoms with Crippen molar-refractivity contribution in [1.82, 2.24) is 9.13 Å². The Labute approximate surface area is 444 Å². The van der Waals surface area contributed by atoms with Crippen LogP contribution in [0.2, 0.25) is 0 Å². The smallest absolute Gasteiger partial charge is 0.307 e. The van der Waals surface area contributed by atoms with Crippen molar-refractivity contribution in [2.24, 2.45) is 0 Å². The van der Waals surface area contributed by atoms with Crippen molar-refractivity contribution < 1.29 is 13.2 Å². The van der Waals surface area contributed by atoms with Crippen molar-refractivity contribution in [2.45, 2.75) is 6.18 Å². The summed E-state index contributed by atoms with van der Waals surface area (Å²) in [6, 6.07) is 73.1. The third-order valence-electron chi connectivity index (χ3n) is 14.4. The molecule has 0 aliphatic heterocycles. The van der Waals surface area contributed by atoms with E-state index in [0.29, 0.717) is 33.6 Å². The van der Waals surface area contributed by atoms with E-state index in [1.165, 1.54) is 6.07 Å².